The topological polar surface area (TPSA) is 62.6 Å². The molecule has 1 fully saturated rings. The standard InChI is InChI=1S/C31H28ClN3O3S2/c32-27-14-8-7-13-25(27)22-35-28-16-15-26(21-29(28)39-31(35)36)40(37,38)34-19-17-33(18-20-34)30(23-9-3-1-4-10-23)24-11-5-2-6-12-24/h1-16,21,30H,17-20,22H2. The largest absolute Gasteiger partial charge is 0.308 e. The second-order valence-corrected chi connectivity index (χ2v) is 13.2. The van der Waals surface area contributed by atoms with Crippen LogP contribution in [0.25, 0.3) is 10.2 Å². The molecule has 204 valence electrons. The molecule has 2 heterocycles. The van der Waals surface area contributed by atoms with Gasteiger partial charge in [0.15, 0.2) is 0 Å². The number of benzene rings is 4. The van der Waals surface area contributed by atoms with Crippen molar-refractivity contribution in [1.82, 2.24) is 13.8 Å². The van der Waals surface area contributed by atoms with Crippen LogP contribution in [0.4, 0.5) is 0 Å². The summed E-state index contributed by atoms with van der Waals surface area (Å²) >= 11 is 7.37. The van der Waals surface area contributed by atoms with E-state index >= 15 is 0 Å². The molecule has 1 saturated heterocycles. The number of nitrogens with zero attached hydrogens (tertiary/aromatic N) is 3. The minimum atomic E-state index is -3.72. The van der Waals surface area contributed by atoms with E-state index in [0.717, 1.165) is 16.9 Å². The molecular formula is C31H28ClN3O3S2. The summed E-state index contributed by atoms with van der Waals surface area (Å²) in [4.78, 5) is 15.2. The van der Waals surface area contributed by atoms with Crippen LogP contribution in [-0.2, 0) is 16.6 Å². The van der Waals surface area contributed by atoms with Crippen molar-refractivity contribution in [3.8, 4) is 0 Å². The van der Waals surface area contributed by atoms with Gasteiger partial charge in [0.25, 0.3) is 0 Å². The third kappa shape index (κ3) is 5.25. The van der Waals surface area contributed by atoms with Crippen LogP contribution in [0.2, 0.25) is 5.02 Å². The summed E-state index contributed by atoms with van der Waals surface area (Å²) in [6, 6.07) is 33.1. The van der Waals surface area contributed by atoms with Crippen LogP contribution >= 0.6 is 22.9 Å². The first-order chi connectivity index (χ1) is 19.4. The Hall–Kier alpha value is -3.27. The summed E-state index contributed by atoms with van der Waals surface area (Å²) in [6.45, 7) is 2.33. The van der Waals surface area contributed by atoms with Gasteiger partial charge in [-0.2, -0.15) is 4.31 Å². The van der Waals surface area contributed by atoms with Crippen LogP contribution in [0, 0.1) is 0 Å². The molecule has 0 saturated carbocycles. The molecule has 0 spiro atoms. The molecule has 1 aromatic heterocycles. The smallest absolute Gasteiger partial charge is 0.294 e. The Morgan fingerprint density at radius 3 is 2.00 bits per heavy atom. The number of fused-ring (bicyclic) bond motifs is 1. The molecule has 6 nitrogen and oxygen atoms in total. The van der Waals surface area contributed by atoms with E-state index in [1.807, 2.05) is 54.6 Å². The van der Waals surface area contributed by atoms with E-state index in [-0.39, 0.29) is 15.8 Å². The highest BCUT2D eigenvalue weighted by Crippen LogP contribution is 2.31. The van der Waals surface area contributed by atoms with E-state index < -0.39 is 10.0 Å². The molecule has 5 aromatic rings. The fraction of sp³-hybridized carbons (Fsp3) is 0.194. The molecular weight excluding hydrogens is 562 g/mol. The maximum atomic E-state index is 13.7. The Bertz CT molecular complexity index is 1760. The molecule has 40 heavy (non-hydrogen) atoms. The zero-order valence-electron chi connectivity index (χ0n) is 21.7. The van der Waals surface area contributed by atoms with Crippen LogP contribution in [0.3, 0.4) is 0 Å². The molecule has 0 atom stereocenters. The van der Waals surface area contributed by atoms with Gasteiger partial charge in [0.1, 0.15) is 0 Å². The van der Waals surface area contributed by atoms with E-state index in [2.05, 4.69) is 29.2 Å². The number of piperazine rings is 1. The van der Waals surface area contributed by atoms with E-state index in [0.29, 0.717) is 48.0 Å². The molecule has 0 unspecified atom stereocenters. The molecule has 0 aliphatic carbocycles. The highest BCUT2D eigenvalue weighted by atomic mass is 35.5. The lowest BCUT2D eigenvalue weighted by Gasteiger charge is -2.39. The van der Waals surface area contributed by atoms with Gasteiger partial charge >= 0.3 is 4.87 Å². The van der Waals surface area contributed by atoms with Crippen LogP contribution < -0.4 is 4.87 Å². The lowest BCUT2D eigenvalue weighted by atomic mass is 9.96. The first-order valence-corrected chi connectivity index (χ1v) is 15.8. The van der Waals surface area contributed by atoms with Gasteiger partial charge < -0.3 is 0 Å². The van der Waals surface area contributed by atoms with Crippen molar-refractivity contribution in [3.05, 3.63) is 135 Å². The molecule has 0 radical (unpaired) electrons. The van der Waals surface area contributed by atoms with Crippen molar-refractivity contribution < 1.29 is 8.42 Å². The Kier molecular flexibility index (Phi) is 7.61. The van der Waals surface area contributed by atoms with Gasteiger partial charge in [0.2, 0.25) is 10.0 Å². The van der Waals surface area contributed by atoms with Gasteiger partial charge in [-0.15, -0.1) is 0 Å². The number of aromatic nitrogens is 1. The zero-order valence-corrected chi connectivity index (χ0v) is 24.1. The Morgan fingerprint density at radius 2 is 1.38 bits per heavy atom. The van der Waals surface area contributed by atoms with Gasteiger partial charge in [0.05, 0.1) is 27.7 Å². The van der Waals surface area contributed by atoms with Crippen LogP contribution in [-0.4, -0.2) is 48.4 Å². The number of rotatable bonds is 7. The quantitative estimate of drug-likeness (QED) is 0.239. The van der Waals surface area contributed by atoms with E-state index in [1.54, 1.807) is 33.1 Å². The lowest BCUT2D eigenvalue weighted by molar-refractivity contribution is 0.156. The third-order valence-corrected chi connectivity index (χ3v) is 10.6. The van der Waals surface area contributed by atoms with Gasteiger partial charge in [0, 0.05) is 31.2 Å². The number of hydrogen-bond acceptors (Lipinski definition) is 5. The maximum absolute atomic E-state index is 13.7. The Labute approximate surface area is 242 Å². The Morgan fingerprint density at radius 1 is 0.775 bits per heavy atom. The maximum Gasteiger partial charge on any atom is 0.308 e. The molecule has 6 rings (SSSR count). The molecule has 0 bridgehead atoms. The highest BCUT2D eigenvalue weighted by Gasteiger charge is 2.32. The molecule has 9 heteroatoms. The SMILES string of the molecule is O=c1sc2cc(S(=O)(=O)N3CCN(C(c4ccccc4)c4ccccc4)CC3)ccc2n1Cc1ccccc1Cl. The van der Waals surface area contributed by atoms with Crippen molar-refractivity contribution in [2.45, 2.75) is 17.5 Å². The monoisotopic (exact) mass is 589 g/mol. The van der Waals surface area contributed by atoms with Crippen LogP contribution in [0.15, 0.2) is 113 Å². The first-order valence-electron chi connectivity index (χ1n) is 13.1. The number of sulfonamides is 1. The average Bonchev–Trinajstić information content (AvgIpc) is 3.29. The summed E-state index contributed by atoms with van der Waals surface area (Å²) in [5.74, 6) is 0. The minimum Gasteiger partial charge on any atom is -0.294 e. The van der Waals surface area contributed by atoms with E-state index in [1.165, 1.54) is 11.1 Å². The minimum absolute atomic E-state index is 0.0544. The molecule has 1 aliphatic rings. The van der Waals surface area contributed by atoms with Crippen molar-refractivity contribution in [1.29, 1.82) is 0 Å². The van der Waals surface area contributed by atoms with Crippen molar-refractivity contribution in [3.63, 3.8) is 0 Å². The van der Waals surface area contributed by atoms with Gasteiger partial charge in [-0.3, -0.25) is 14.3 Å². The van der Waals surface area contributed by atoms with E-state index in [4.69, 9.17) is 11.6 Å². The summed E-state index contributed by atoms with van der Waals surface area (Å²) in [7, 11) is -3.72. The fourth-order valence-electron chi connectivity index (χ4n) is 5.39. The number of halogens is 1. The highest BCUT2D eigenvalue weighted by molar-refractivity contribution is 7.89. The van der Waals surface area contributed by atoms with Crippen molar-refractivity contribution in [2.75, 3.05) is 26.2 Å². The fourth-order valence-corrected chi connectivity index (χ4v) is 8.04. The predicted octanol–water partition coefficient (Wildman–Crippen LogP) is 5.86. The number of hydrogen-bond donors (Lipinski definition) is 0. The number of thiazole rings is 1. The summed E-state index contributed by atoms with van der Waals surface area (Å²) in [5, 5.41) is 0.592. The van der Waals surface area contributed by atoms with Gasteiger partial charge in [-0.25, -0.2) is 8.42 Å². The second-order valence-electron chi connectivity index (χ2n) is 9.84. The summed E-state index contributed by atoms with van der Waals surface area (Å²) in [5.41, 5.74) is 3.91. The zero-order chi connectivity index (χ0) is 27.7. The average molecular weight is 590 g/mol. The molecule has 0 amide bonds. The Balaban J connectivity index is 1.23. The second kappa shape index (κ2) is 11.3. The molecule has 1 aliphatic heterocycles. The van der Waals surface area contributed by atoms with E-state index in [9.17, 15) is 13.2 Å². The van der Waals surface area contributed by atoms with Gasteiger partial charge in [-0.05, 0) is 41.0 Å². The summed E-state index contributed by atoms with van der Waals surface area (Å²) in [6.07, 6.45) is 0. The first kappa shape index (κ1) is 26.9. The van der Waals surface area contributed by atoms with Gasteiger partial charge in [-0.1, -0.05) is 102 Å². The predicted molar refractivity (Wildman–Crippen MR) is 162 cm³/mol. The van der Waals surface area contributed by atoms with Crippen LogP contribution in [0.1, 0.15) is 22.7 Å². The van der Waals surface area contributed by atoms with Crippen LogP contribution in [0.5, 0.6) is 0 Å². The normalized spacial score (nSPS) is 15.2. The van der Waals surface area contributed by atoms with Crippen molar-refractivity contribution in [2.24, 2.45) is 0 Å². The summed E-state index contributed by atoms with van der Waals surface area (Å²) < 4.78 is 31.2. The lowest BCUT2D eigenvalue weighted by Crippen LogP contribution is -2.49. The third-order valence-electron chi connectivity index (χ3n) is 7.43. The molecule has 0 N–H and O–H groups in total. The molecule has 4 aromatic carbocycles. The van der Waals surface area contributed by atoms with Crippen molar-refractivity contribution >= 4 is 43.2 Å².